The Hall–Kier alpha value is -3.39. The third kappa shape index (κ3) is 4.60. The first kappa shape index (κ1) is 19.9. The van der Waals surface area contributed by atoms with Crippen LogP contribution in [0.4, 0.5) is 5.82 Å². The van der Waals surface area contributed by atoms with Gasteiger partial charge in [0.25, 0.3) is 0 Å². The number of aromatic nitrogens is 5. The Morgan fingerprint density at radius 1 is 1.03 bits per heavy atom. The topological polar surface area (TPSA) is 77.6 Å². The maximum Gasteiger partial charge on any atom is 0.235 e. The molecule has 0 saturated carbocycles. The van der Waals surface area contributed by atoms with Crippen LogP contribution >= 0.6 is 11.8 Å². The minimum Gasteiger partial charge on any atom is -0.310 e. The van der Waals surface area contributed by atoms with Crippen LogP contribution < -0.4 is 5.32 Å². The van der Waals surface area contributed by atoms with E-state index in [1.165, 1.54) is 11.8 Å². The number of nitrogens with one attached hydrogen (secondary N) is 1. The van der Waals surface area contributed by atoms with Gasteiger partial charge in [0, 0.05) is 25.2 Å². The fourth-order valence-corrected chi connectivity index (χ4v) is 3.93. The van der Waals surface area contributed by atoms with Crippen LogP contribution in [0, 0.1) is 6.92 Å². The molecule has 0 fully saturated rings. The van der Waals surface area contributed by atoms with Crippen LogP contribution in [0.2, 0.25) is 0 Å². The van der Waals surface area contributed by atoms with Gasteiger partial charge in [0.05, 0.1) is 11.4 Å². The Balaban J connectivity index is 1.54. The zero-order chi connectivity index (χ0) is 20.9. The average molecular weight is 419 g/mol. The molecular formula is C22H22N6OS. The van der Waals surface area contributed by atoms with E-state index in [1.807, 2.05) is 66.1 Å². The van der Waals surface area contributed by atoms with Gasteiger partial charge in [-0.2, -0.15) is 5.10 Å². The zero-order valence-electron chi connectivity index (χ0n) is 16.8. The second-order valence-electron chi connectivity index (χ2n) is 6.86. The lowest BCUT2D eigenvalue weighted by Crippen LogP contribution is -2.17. The molecule has 0 atom stereocenters. The summed E-state index contributed by atoms with van der Waals surface area (Å²) in [5.41, 5.74) is 2.98. The number of hydrogen-bond donors (Lipinski definition) is 1. The summed E-state index contributed by atoms with van der Waals surface area (Å²) in [4.78, 5) is 12.5. The van der Waals surface area contributed by atoms with E-state index >= 15 is 0 Å². The van der Waals surface area contributed by atoms with Crippen LogP contribution in [0.3, 0.4) is 0 Å². The molecule has 0 aliphatic carbocycles. The number of thioether (sulfide) groups is 1. The van der Waals surface area contributed by atoms with Gasteiger partial charge < -0.3 is 5.32 Å². The maximum atomic E-state index is 12.5. The van der Waals surface area contributed by atoms with E-state index in [-0.39, 0.29) is 11.7 Å². The molecule has 4 aromatic rings. The Morgan fingerprint density at radius 2 is 1.73 bits per heavy atom. The first-order chi connectivity index (χ1) is 14.6. The summed E-state index contributed by atoms with van der Waals surface area (Å²) in [6.07, 6.45) is 0.657. The van der Waals surface area contributed by atoms with E-state index in [0.717, 1.165) is 22.8 Å². The number of rotatable bonds is 7. The SMILES string of the molecule is Cc1cc(NC(=O)CSc2nnc(Cc3ccccc3)n2-c2ccccc2)n(C)n1. The number of carbonyl (C=O) groups is 1. The molecule has 30 heavy (non-hydrogen) atoms. The van der Waals surface area contributed by atoms with Crippen molar-refractivity contribution in [2.45, 2.75) is 18.5 Å². The van der Waals surface area contributed by atoms with E-state index in [1.54, 1.807) is 11.7 Å². The number of amides is 1. The van der Waals surface area contributed by atoms with Gasteiger partial charge in [-0.25, -0.2) is 0 Å². The van der Waals surface area contributed by atoms with Crippen LogP contribution in [0.5, 0.6) is 0 Å². The van der Waals surface area contributed by atoms with E-state index in [0.29, 0.717) is 17.4 Å². The number of hydrogen-bond acceptors (Lipinski definition) is 5. The van der Waals surface area contributed by atoms with Crippen molar-refractivity contribution < 1.29 is 4.79 Å². The highest BCUT2D eigenvalue weighted by molar-refractivity contribution is 7.99. The molecule has 1 N–H and O–H groups in total. The summed E-state index contributed by atoms with van der Waals surface area (Å²) >= 11 is 1.36. The smallest absolute Gasteiger partial charge is 0.235 e. The molecule has 0 spiro atoms. The first-order valence-corrected chi connectivity index (χ1v) is 10.6. The minimum atomic E-state index is -0.116. The van der Waals surface area contributed by atoms with Gasteiger partial charge in [-0.3, -0.25) is 14.0 Å². The molecule has 0 saturated heterocycles. The Labute approximate surface area is 179 Å². The highest BCUT2D eigenvalue weighted by Gasteiger charge is 2.17. The standard InChI is InChI=1S/C22H22N6OS/c1-16-13-19(27(2)26-16)23-21(29)15-30-22-25-24-20(14-17-9-5-3-6-10-17)28(22)18-11-7-4-8-12-18/h3-13H,14-15H2,1-2H3,(H,23,29). The number of para-hydroxylation sites is 1. The van der Waals surface area contributed by atoms with Crippen LogP contribution in [0.25, 0.3) is 5.69 Å². The Morgan fingerprint density at radius 3 is 2.40 bits per heavy atom. The molecule has 0 unspecified atom stereocenters. The predicted octanol–water partition coefficient (Wildman–Crippen LogP) is 3.63. The van der Waals surface area contributed by atoms with Gasteiger partial charge in [0.2, 0.25) is 5.91 Å². The molecule has 0 radical (unpaired) electrons. The zero-order valence-corrected chi connectivity index (χ0v) is 17.6. The van der Waals surface area contributed by atoms with Crippen molar-refractivity contribution in [1.29, 1.82) is 0 Å². The van der Waals surface area contributed by atoms with Crippen LogP contribution in [-0.4, -0.2) is 36.2 Å². The summed E-state index contributed by atoms with van der Waals surface area (Å²) in [5, 5.41) is 16.6. The second-order valence-corrected chi connectivity index (χ2v) is 7.81. The van der Waals surface area contributed by atoms with Gasteiger partial charge in [0.1, 0.15) is 11.6 Å². The van der Waals surface area contributed by atoms with Gasteiger partial charge in [-0.15, -0.1) is 10.2 Å². The molecule has 8 heteroatoms. The molecule has 1 amide bonds. The van der Waals surface area contributed by atoms with Crippen LogP contribution in [0.15, 0.2) is 71.9 Å². The van der Waals surface area contributed by atoms with E-state index in [9.17, 15) is 4.79 Å². The van der Waals surface area contributed by atoms with Crippen molar-refractivity contribution in [3.63, 3.8) is 0 Å². The number of nitrogens with zero attached hydrogens (tertiary/aromatic N) is 5. The summed E-state index contributed by atoms with van der Waals surface area (Å²) in [7, 11) is 1.80. The van der Waals surface area contributed by atoms with Crippen LogP contribution in [0.1, 0.15) is 17.1 Å². The first-order valence-electron chi connectivity index (χ1n) is 9.57. The Kier molecular flexibility index (Phi) is 5.94. The fourth-order valence-electron chi connectivity index (χ4n) is 3.16. The van der Waals surface area contributed by atoms with Crippen molar-refractivity contribution in [1.82, 2.24) is 24.5 Å². The predicted molar refractivity (Wildman–Crippen MR) is 118 cm³/mol. The second kappa shape index (κ2) is 8.96. The van der Waals surface area contributed by atoms with Gasteiger partial charge >= 0.3 is 0 Å². The number of aryl methyl sites for hydroxylation is 2. The van der Waals surface area contributed by atoms with Crippen molar-refractivity contribution in [2.75, 3.05) is 11.1 Å². The molecule has 152 valence electrons. The van der Waals surface area contributed by atoms with Gasteiger partial charge in [-0.1, -0.05) is 60.3 Å². The summed E-state index contributed by atoms with van der Waals surface area (Å²) in [5.74, 6) is 1.61. The molecule has 4 rings (SSSR count). The maximum absolute atomic E-state index is 12.5. The minimum absolute atomic E-state index is 0.116. The highest BCUT2D eigenvalue weighted by atomic mass is 32.2. The molecule has 0 bridgehead atoms. The number of benzene rings is 2. The molecule has 0 aliphatic heterocycles. The summed E-state index contributed by atoms with van der Waals surface area (Å²) in [6.45, 7) is 1.89. The molecule has 7 nitrogen and oxygen atoms in total. The Bertz CT molecular complexity index is 1140. The van der Waals surface area contributed by atoms with Gasteiger partial charge in [0.15, 0.2) is 5.16 Å². The van der Waals surface area contributed by atoms with E-state index in [4.69, 9.17) is 0 Å². The molecule has 2 aromatic carbocycles. The lowest BCUT2D eigenvalue weighted by atomic mass is 10.1. The third-order valence-electron chi connectivity index (χ3n) is 4.52. The molecule has 0 aliphatic rings. The molecular weight excluding hydrogens is 396 g/mol. The van der Waals surface area contributed by atoms with Crippen molar-refractivity contribution >= 4 is 23.5 Å². The van der Waals surface area contributed by atoms with Crippen molar-refractivity contribution in [3.05, 3.63) is 83.8 Å². The monoisotopic (exact) mass is 418 g/mol. The largest absolute Gasteiger partial charge is 0.310 e. The highest BCUT2D eigenvalue weighted by Crippen LogP contribution is 2.23. The number of anilines is 1. The normalized spacial score (nSPS) is 10.9. The lowest BCUT2D eigenvalue weighted by molar-refractivity contribution is -0.113. The quantitative estimate of drug-likeness (QED) is 0.464. The molecule has 2 heterocycles. The molecule has 2 aromatic heterocycles. The van der Waals surface area contributed by atoms with E-state index in [2.05, 4.69) is 32.7 Å². The summed E-state index contributed by atoms with van der Waals surface area (Å²) in [6, 6.07) is 22.0. The lowest BCUT2D eigenvalue weighted by Gasteiger charge is -2.10. The number of carbonyl (C=O) groups excluding carboxylic acids is 1. The van der Waals surface area contributed by atoms with Gasteiger partial charge in [-0.05, 0) is 24.6 Å². The fraction of sp³-hybridized carbons (Fsp3) is 0.182. The average Bonchev–Trinajstić information content (AvgIpc) is 3.29. The third-order valence-corrected chi connectivity index (χ3v) is 5.45. The van der Waals surface area contributed by atoms with Crippen molar-refractivity contribution in [3.8, 4) is 5.69 Å². The van der Waals surface area contributed by atoms with Crippen LogP contribution in [-0.2, 0) is 18.3 Å². The van der Waals surface area contributed by atoms with E-state index < -0.39 is 0 Å². The van der Waals surface area contributed by atoms with Crippen molar-refractivity contribution in [2.24, 2.45) is 7.05 Å². The summed E-state index contributed by atoms with van der Waals surface area (Å²) < 4.78 is 3.67.